The summed E-state index contributed by atoms with van der Waals surface area (Å²) in [6.07, 6.45) is 15.5. The molecule has 4 aliphatic rings. The molecule has 134 heavy (non-hydrogen) atoms. The van der Waals surface area contributed by atoms with Crippen molar-refractivity contribution in [3.05, 3.63) is 292 Å². The number of ketones is 2. The van der Waals surface area contributed by atoms with Crippen molar-refractivity contribution in [1.29, 1.82) is 0 Å². The predicted molar refractivity (Wildman–Crippen MR) is 472 cm³/mol. The fraction of sp³-hybridized carbons (Fsp3) is 0.242. The van der Waals surface area contributed by atoms with E-state index in [2.05, 4.69) is 55.6 Å². The molecule has 0 saturated heterocycles. The number of anilines is 3. The maximum absolute atomic E-state index is 15.2. The van der Waals surface area contributed by atoms with E-state index in [9.17, 15) is 86.5 Å². The predicted octanol–water partition coefficient (Wildman–Crippen LogP) is 14.7. The summed E-state index contributed by atoms with van der Waals surface area (Å²) >= 11 is 0. The second-order valence-electron chi connectivity index (χ2n) is 32.3. The third kappa shape index (κ3) is 21.9. The van der Waals surface area contributed by atoms with Gasteiger partial charge in [-0.05, 0) is 157 Å². The molecule has 8 N–H and O–H groups in total. The number of benzene rings is 8. The number of carbonyl (C=O) groups excluding carboxylic acids is 4. The SMILES string of the molecule is C[O-].Cc1ccc(S(=O)(=O)n2cc(-c3ncc(F)c(N[C@H]4CCC[C@@H](CC(=O)c5ccccc5C(=O)O)C4)n3)c3cc(F)cc(F)c32)cc1.Cc1ccc(S(=O)(=O)n2cc(-c3ncc(F)c(N[C@H]4CCC[C@@H](N)C4)n3)c3cc(F)cc(F)c32)cc1.O=C(O)c1ccccc1C(=O)C[C@@H]1CCC[C@H](Nc2nc(-c3c[nH]c4c(F)cc(F)cc34)ncc2F)C1.O=C1OC(=O)c2ccccc21.[Na+]. The van der Waals surface area contributed by atoms with E-state index in [0.29, 0.717) is 58.5 Å². The second-order valence-corrected chi connectivity index (χ2v) is 35.9. The molecule has 27 nitrogen and oxygen atoms in total. The summed E-state index contributed by atoms with van der Waals surface area (Å²) in [5.41, 5.74) is 8.33. The van der Waals surface area contributed by atoms with Crippen molar-refractivity contribution in [2.24, 2.45) is 17.6 Å². The van der Waals surface area contributed by atoms with Crippen molar-refractivity contribution in [2.75, 3.05) is 23.1 Å². The van der Waals surface area contributed by atoms with Crippen LogP contribution in [-0.2, 0) is 24.8 Å². The van der Waals surface area contributed by atoms with Crippen LogP contribution < -0.4 is 56.3 Å². The van der Waals surface area contributed by atoms with Gasteiger partial charge in [0.25, 0.3) is 20.0 Å². The van der Waals surface area contributed by atoms with Crippen molar-refractivity contribution in [3.63, 3.8) is 0 Å². The summed E-state index contributed by atoms with van der Waals surface area (Å²) in [6, 6.07) is 35.2. The summed E-state index contributed by atoms with van der Waals surface area (Å²) in [4.78, 5) is 98.1. The fourth-order valence-corrected chi connectivity index (χ4v) is 19.5. The Balaban J connectivity index is 0.000000160. The third-order valence-corrected chi connectivity index (χ3v) is 26.5. The molecule has 0 spiro atoms. The van der Waals surface area contributed by atoms with Crippen LogP contribution in [0.1, 0.15) is 163 Å². The first-order chi connectivity index (χ1) is 63.6. The normalized spacial score (nSPS) is 16.9. The van der Waals surface area contributed by atoms with Gasteiger partial charge >= 0.3 is 53.4 Å². The Labute approximate surface area is 782 Å². The van der Waals surface area contributed by atoms with Gasteiger partial charge in [-0.2, -0.15) is 7.11 Å². The molecule has 0 unspecified atom stereocenters. The number of carboxylic acids is 2. The smallest absolute Gasteiger partial charge is 0.857 e. The number of halogens is 9. The number of Topliss-reactive ketones (excluding diaryl/α,β-unsaturated/α-hetero) is 2. The van der Waals surface area contributed by atoms with Crippen LogP contribution >= 0.6 is 0 Å². The van der Waals surface area contributed by atoms with Crippen molar-refractivity contribution in [2.45, 2.75) is 138 Å². The number of nitrogens with zero attached hydrogens (tertiary/aromatic N) is 8. The molecular weight excluding hydrogens is 1810 g/mol. The van der Waals surface area contributed by atoms with Crippen molar-refractivity contribution >= 4 is 106 Å². The van der Waals surface area contributed by atoms with Crippen LogP contribution in [0.2, 0.25) is 0 Å². The van der Waals surface area contributed by atoms with Crippen LogP contribution in [0.4, 0.5) is 57.0 Å². The Kier molecular flexibility index (Phi) is 30.9. The molecule has 14 aromatic rings. The number of aryl methyl sites for hydroxylation is 2. The van der Waals surface area contributed by atoms with Gasteiger partial charge in [-0.1, -0.05) is 96.8 Å². The largest absolute Gasteiger partial charge is 1.00 e. The molecule has 3 saturated carbocycles. The van der Waals surface area contributed by atoms with Gasteiger partial charge in [0, 0.05) is 118 Å². The quantitative estimate of drug-likeness (QED) is 0.0115. The minimum absolute atomic E-state index is 0. The Morgan fingerprint density at radius 3 is 1.19 bits per heavy atom. The second kappa shape index (κ2) is 42.2. The van der Waals surface area contributed by atoms with E-state index in [-0.39, 0.29) is 195 Å². The molecule has 6 aromatic heterocycles. The number of carboxylic acid groups (broad SMARTS) is 2. The van der Waals surface area contributed by atoms with E-state index in [4.69, 9.17) is 10.8 Å². The van der Waals surface area contributed by atoms with Crippen LogP contribution in [0.3, 0.4) is 0 Å². The van der Waals surface area contributed by atoms with Gasteiger partial charge in [0.15, 0.2) is 75.6 Å². The summed E-state index contributed by atoms with van der Waals surface area (Å²) < 4.78 is 191. The van der Waals surface area contributed by atoms with Gasteiger partial charge in [-0.15, -0.1) is 0 Å². The number of aromatic nitrogens is 9. The first kappa shape index (κ1) is 98.1. The average molecular weight is 1890 g/mol. The monoisotopic (exact) mass is 1890 g/mol. The van der Waals surface area contributed by atoms with Gasteiger partial charge in [0.2, 0.25) is 0 Å². The van der Waals surface area contributed by atoms with E-state index < -0.39 is 102 Å². The molecule has 688 valence electrons. The van der Waals surface area contributed by atoms with Gasteiger partial charge in [0.1, 0.15) is 34.3 Å². The first-order valence-electron chi connectivity index (χ1n) is 41.9. The number of fused-ring (bicyclic) bond motifs is 4. The molecule has 6 atom stereocenters. The number of nitrogens with two attached hydrogens (primary N) is 1. The zero-order chi connectivity index (χ0) is 95.0. The molecule has 3 fully saturated rings. The van der Waals surface area contributed by atoms with E-state index in [1.807, 2.05) is 0 Å². The Hall–Kier alpha value is -13.4. The van der Waals surface area contributed by atoms with E-state index >= 15 is 8.78 Å². The Morgan fingerprint density at radius 1 is 0.455 bits per heavy atom. The third-order valence-electron chi connectivity index (χ3n) is 23.1. The van der Waals surface area contributed by atoms with Crippen LogP contribution in [0.15, 0.2) is 205 Å². The molecule has 0 bridgehead atoms. The number of aromatic amines is 1. The summed E-state index contributed by atoms with van der Waals surface area (Å²) in [7, 11) is -7.85. The number of hydrogen-bond donors (Lipinski definition) is 7. The molecule has 0 radical (unpaired) electrons. The van der Waals surface area contributed by atoms with Crippen LogP contribution in [0, 0.1) is 78.0 Å². The number of nitrogens with one attached hydrogen (secondary N) is 4. The number of ether oxygens (including phenoxy) is 1. The van der Waals surface area contributed by atoms with E-state index in [1.165, 1.54) is 54.7 Å². The molecule has 7 heterocycles. The number of esters is 2. The molecule has 18 rings (SSSR count). The Bertz CT molecular complexity index is 7070. The van der Waals surface area contributed by atoms with Gasteiger partial charge in [-0.3, -0.25) is 9.59 Å². The summed E-state index contributed by atoms with van der Waals surface area (Å²) in [5, 5.41) is 36.4. The van der Waals surface area contributed by atoms with Gasteiger partial charge in [-0.25, -0.2) is 113 Å². The number of carbonyl (C=O) groups is 6. The summed E-state index contributed by atoms with van der Waals surface area (Å²) in [6.45, 7) is 3.59. The number of H-pyrrole nitrogens is 1. The average Bonchev–Trinajstić information content (AvgIpc) is 1.59. The van der Waals surface area contributed by atoms with Crippen LogP contribution in [0.25, 0.3) is 66.9 Å². The zero-order valence-corrected chi connectivity index (χ0v) is 75.6. The van der Waals surface area contributed by atoms with Crippen molar-refractivity contribution in [3.8, 4) is 34.2 Å². The number of cyclic esters (lactones) is 2. The van der Waals surface area contributed by atoms with Crippen LogP contribution in [0.5, 0.6) is 0 Å². The zero-order valence-electron chi connectivity index (χ0n) is 72.0. The topological polar surface area (TPSA) is 409 Å². The minimum atomic E-state index is -4.34. The van der Waals surface area contributed by atoms with E-state index in [1.54, 1.807) is 86.6 Å². The van der Waals surface area contributed by atoms with Gasteiger partial charge < -0.3 is 46.7 Å². The molecule has 8 aromatic carbocycles. The number of aromatic carboxylic acids is 2. The van der Waals surface area contributed by atoms with Gasteiger partial charge in [0.05, 0.1) is 56.2 Å². The van der Waals surface area contributed by atoms with Crippen molar-refractivity contribution in [1.82, 2.24) is 42.8 Å². The molecular formula is C95H83F9N13NaO14S2. The van der Waals surface area contributed by atoms with Crippen LogP contribution in [-0.4, -0.2) is 137 Å². The number of rotatable bonds is 21. The van der Waals surface area contributed by atoms with E-state index in [0.717, 1.165) is 129 Å². The fourth-order valence-electron chi connectivity index (χ4n) is 16.8. The summed E-state index contributed by atoms with van der Waals surface area (Å²) in [5.74, 6) is -12.2. The molecule has 1 aliphatic heterocycles. The maximum Gasteiger partial charge on any atom is 1.00 e. The molecule has 0 amide bonds. The first-order valence-corrected chi connectivity index (χ1v) is 44.7. The number of hydrogen-bond acceptors (Lipinski definition) is 22. The maximum atomic E-state index is 15.2. The van der Waals surface area contributed by atoms with Crippen molar-refractivity contribution < 1.29 is 135 Å². The standard InChI is InChI=1S/C34H29F3N4O5S.C27H23F3N4O3.C25H24F3N5O2S.C8H4O3.CH3O.Na/c1-19-9-11-23(12-10-19)47(45,46)41-18-27(26-15-21(35)16-28(36)31(26)41)32-38-17-29(37)33(40-32)39-22-6-4-5-20(13-22)14-30(42)24-7-2-3-8-25(24)34(43)44;28-15-10-19-20(12-31-24(19)21(29)11-15)25-32-13-22(30)26(34-25)33-16-5-3-4-14(8-16)9-23(35)17-6-1-2-7-18(17)27(36)37;1-14-5-7-18(8-6-14)36(34,35)33-13-20(19-9-15(26)10-21(27)23(19)33)24-30-12-22(28)25(32-24)31-17-4-2-3-16(29)11-17;9-7-5-3-1-2-4-6(5)8(10)11-7;1-2;/h2-3,7-12,15-18,20,22H,4-6,13-14H2,1H3,(H,43,44)(H,38,39,40);1-2,6-7,10-14,16,31H,3-5,8-9H2,(H,36,37)(H,32,33,34);5-10,12-13,16-17H,2-4,11,29H2,1H3,(H,30,31,32);1-4H;1H3;/q;;;;-1;+1/t20-,22+;14-,16+;16-,17+;;;/m111.../s1. The molecule has 3 aliphatic carbocycles. The molecule has 39 heteroatoms. The Morgan fingerprint density at radius 2 is 0.806 bits per heavy atom. The minimum Gasteiger partial charge on any atom is -0.857 e.